The first-order valence-corrected chi connectivity index (χ1v) is 16.7. The smallest absolute Gasteiger partial charge is 0.294 e. The van der Waals surface area contributed by atoms with Crippen molar-refractivity contribution in [3.8, 4) is 17.1 Å². The SMILES string of the molecule is Cc1cccc(C)c1B1c2ccccc2N(c2ccccc2)c2cc3c(cc21)C[n+]1ccn(-c2c(C(C)C)cccc2C(C)C)c1-3. The molecule has 0 unspecified atom stereocenters. The maximum atomic E-state index is 2.53. The number of hydrogen-bond acceptors (Lipinski definition) is 1. The van der Waals surface area contributed by atoms with E-state index < -0.39 is 0 Å². The number of fused-ring (bicyclic) bond motifs is 5. The third kappa shape index (κ3) is 4.30. The van der Waals surface area contributed by atoms with Crippen molar-refractivity contribution in [1.29, 1.82) is 0 Å². The van der Waals surface area contributed by atoms with E-state index in [1.807, 2.05) is 0 Å². The molecule has 0 N–H and O–H groups in total. The van der Waals surface area contributed by atoms with Gasteiger partial charge in [-0.2, -0.15) is 4.57 Å². The summed E-state index contributed by atoms with van der Waals surface area (Å²) in [4.78, 5) is 2.49. The van der Waals surface area contributed by atoms with Crippen LogP contribution in [0.2, 0.25) is 0 Å². The molecule has 0 atom stereocenters. The average molecular weight is 599 g/mol. The Labute approximate surface area is 273 Å². The summed E-state index contributed by atoms with van der Waals surface area (Å²) >= 11 is 0. The van der Waals surface area contributed by atoms with Gasteiger partial charge in [-0.1, -0.05) is 123 Å². The molecule has 0 saturated carbocycles. The molecule has 3 nitrogen and oxygen atoms in total. The van der Waals surface area contributed by atoms with Crippen LogP contribution in [0.1, 0.15) is 67.3 Å². The van der Waals surface area contributed by atoms with E-state index in [-0.39, 0.29) is 6.71 Å². The van der Waals surface area contributed by atoms with Crippen LogP contribution in [0.5, 0.6) is 0 Å². The van der Waals surface area contributed by atoms with Crippen LogP contribution in [0.3, 0.4) is 0 Å². The quantitative estimate of drug-likeness (QED) is 0.145. The molecule has 0 saturated heterocycles. The molecule has 8 rings (SSSR count). The molecule has 2 aliphatic heterocycles. The van der Waals surface area contributed by atoms with Crippen molar-refractivity contribution in [3.05, 3.63) is 143 Å². The number of aryl methyl sites for hydroxylation is 2. The third-order valence-corrected chi connectivity index (χ3v) is 10.2. The second kappa shape index (κ2) is 10.9. The standard InChI is InChI=1S/C42H41BN3/c1-27(2)33-18-13-19-34(28(3)4)41(33)45-23-22-44-26-31-24-37-39(25-35(31)42(44)45)46(32-16-8-7-9-17-32)38-21-11-10-20-36(38)43(37)40-29(5)14-12-15-30(40)6/h7-25,27-28H,26H2,1-6H3/q+1. The van der Waals surface area contributed by atoms with Crippen LogP contribution in [0.4, 0.5) is 17.1 Å². The van der Waals surface area contributed by atoms with Crippen LogP contribution in [0.25, 0.3) is 17.1 Å². The van der Waals surface area contributed by atoms with Crippen molar-refractivity contribution < 1.29 is 4.57 Å². The highest BCUT2D eigenvalue weighted by atomic mass is 15.2. The Bertz CT molecular complexity index is 2080. The van der Waals surface area contributed by atoms with E-state index >= 15 is 0 Å². The number of para-hydroxylation sites is 3. The van der Waals surface area contributed by atoms with Crippen molar-refractivity contribution >= 4 is 40.2 Å². The Morgan fingerprint density at radius 2 is 1.33 bits per heavy atom. The monoisotopic (exact) mass is 598 g/mol. The number of anilines is 3. The Hall–Kier alpha value is -4.83. The van der Waals surface area contributed by atoms with Crippen molar-refractivity contribution in [2.75, 3.05) is 4.90 Å². The van der Waals surface area contributed by atoms with Gasteiger partial charge in [0.15, 0.2) is 0 Å². The molecule has 2 aliphatic rings. The first-order chi connectivity index (χ1) is 22.3. The van der Waals surface area contributed by atoms with Gasteiger partial charge < -0.3 is 4.90 Å². The Morgan fingerprint density at radius 3 is 2.02 bits per heavy atom. The van der Waals surface area contributed by atoms with Crippen LogP contribution in [-0.4, -0.2) is 11.3 Å². The van der Waals surface area contributed by atoms with Crippen molar-refractivity contribution in [2.24, 2.45) is 0 Å². The van der Waals surface area contributed by atoms with Gasteiger partial charge in [-0.3, -0.25) is 0 Å². The van der Waals surface area contributed by atoms with Gasteiger partial charge in [0, 0.05) is 33.8 Å². The van der Waals surface area contributed by atoms with E-state index in [1.54, 1.807) is 0 Å². The van der Waals surface area contributed by atoms with Crippen molar-refractivity contribution in [3.63, 3.8) is 0 Å². The molecule has 0 radical (unpaired) electrons. The largest absolute Gasteiger partial charge is 0.311 e. The first-order valence-electron chi connectivity index (χ1n) is 16.7. The highest BCUT2D eigenvalue weighted by molar-refractivity contribution is 6.98. The fraction of sp³-hybridized carbons (Fsp3) is 0.214. The van der Waals surface area contributed by atoms with E-state index in [4.69, 9.17) is 0 Å². The van der Waals surface area contributed by atoms with Crippen molar-refractivity contribution in [2.45, 2.75) is 59.9 Å². The average Bonchev–Trinajstić information content (AvgIpc) is 3.62. The van der Waals surface area contributed by atoms with Gasteiger partial charge in [-0.15, -0.1) is 0 Å². The Balaban J connectivity index is 1.42. The number of hydrogen-bond donors (Lipinski definition) is 0. The number of nitrogens with zero attached hydrogens (tertiary/aromatic N) is 3. The van der Waals surface area contributed by atoms with Crippen LogP contribution in [0.15, 0.2) is 116 Å². The summed E-state index contributed by atoms with van der Waals surface area (Å²) in [5.74, 6) is 2.11. The molecule has 0 spiro atoms. The lowest BCUT2D eigenvalue weighted by Gasteiger charge is -2.38. The van der Waals surface area contributed by atoms with Crippen molar-refractivity contribution in [1.82, 2.24) is 4.57 Å². The van der Waals surface area contributed by atoms with E-state index in [0.717, 1.165) is 6.54 Å². The molecule has 0 fully saturated rings. The molecule has 3 heterocycles. The summed E-state index contributed by atoms with van der Waals surface area (Å²) in [7, 11) is 0. The number of benzene rings is 5. The fourth-order valence-electron chi connectivity index (χ4n) is 8.09. The molecule has 0 aliphatic carbocycles. The molecular formula is C42H41BN3+. The maximum absolute atomic E-state index is 2.53. The zero-order valence-corrected chi connectivity index (χ0v) is 27.8. The molecule has 1 aromatic heterocycles. The molecule has 0 bridgehead atoms. The van der Waals surface area contributed by atoms with Gasteiger partial charge in [-0.25, -0.2) is 4.57 Å². The Kier molecular flexibility index (Phi) is 6.79. The summed E-state index contributed by atoms with van der Waals surface area (Å²) in [6, 6.07) is 38.5. The lowest BCUT2D eigenvalue weighted by molar-refractivity contribution is -0.671. The summed E-state index contributed by atoms with van der Waals surface area (Å²) in [6.07, 6.45) is 4.57. The second-order valence-corrected chi connectivity index (χ2v) is 13.8. The molecule has 6 aromatic rings. The van der Waals surface area contributed by atoms with Gasteiger partial charge in [0.25, 0.3) is 5.82 Å². The minimum Gasteiger partial charge on any atom is -0.311 e. The highest BCUT2D eigenvalue weighted by Crippen LogP contribution is 2.41. The van der Waals surface area contributed by atoms with Gasteiger partial charge in [0.1, 0.15) is 24.6 Å². The molecule has 5 aromatic carbocycles. The van der Waals surface area contributed by atoms with Crippen LogP contribution in [-0.2, 0) is 6.54 Å². The van der Waals surface area contributed by atoms with E-state index in [2.05, 4.69) is 171 Å². The van der Waals surface area contributed by atoms with Gasteiger partial charge in [0.05, 0.1) is 5.56 Å². The highest BCUT2D eigenvalue weighted by Gasteiger charge is 2.40. The van der Waals surface area contributed by atoms with Crippen LogP contribution in [0, 0.1) is 13.8 Å². The van der Waals surface area contributed by atoms with Gasteiger partial charge >= 0.3 is 0 Å². The number of imidazole rings is 1. The third-order valence-electron chi connectivity index (χ3n) is 10.2. The Morgan fingerprint density at radius 1 is 0.674 bits per heavy atom. The molecular weight excluding hydrogens is 557 g/mol. The normalized spacial score (nSPS) is 13.2. The fourth-order valence-corrected chi connectivity index (χ4v) is 8.09. The van der Waals surface area contributed by atoms with Gasteiger partial charge in [-0.05, 0) is 60.9 Å². The predicted molar refractivity (Wildman–Crippen MR) is 194 cm³/mol. The van der Waals surface area contributed by atoms with E-state index in [1.165, 1.54) is 78.3 Å². The molecule has 0 amide bonds. The lowest BCUT2D eigenvalue weighted by atomic mass is 9.33. The second-order valence-electron chi connectivity index (χ2n) is 13.8. The van der Waals surface area contributed by atoms with E-state index in [9.17, 15) is 0 Å². The summed E-state index contributed by atoms with van der Waals surface area (Å²) in [6.45, 7) is 14.8. The molecule has 226 valence electrons. The maximum Gasteiger partial charge on any atom is 0.294 e. The minimum atomic E-state index is 0.152. The van der Waals surface area contributed by atoms with Crippen LogP contribution >= 0.6 is 0 Å². The first kappa shape index (κ1) is 28.6. The number of rotatable bonds is 5. The zero-order valence-electron chi connectivity index (χ0n) is 27.8. The number of aromatic nitrogens is 2. The summed E-state index contributed by atoms with van der Waals surface area (Å²) in [5.41, 5.74) is 17.4. The summed E-state index contributed by atoms with van der Waals surface area (Å²) in [5, 5.41) is 0. The predicted octanol–water partition coefficient (Wildman–Crippen LogP) is 7.96. The topological polar surface area (TPSA) is 12.1 Å². The minimum absolute atomic E-state index is 0.152. The van der Waals surface area contributed by atoms with Gasteiger partial charge in [0.2, 0.25) is 6.71 Å². The molecule has 4 heteroatoms. The zero-order chi connectivity index (χ0) is 31.7. The van der Waals surface area contributed by atoms with E-state index in [0.29, 0.717) is 11.8 Å². The summed E-state index contributed by atoms with van der Waals surface area (Å²) < 4.78 is 4.93. The molecule has 46 heavy (non-hydrogen) atoms. The lowest BCUT2D eigenvalue weighted by Crippen LogP contribution is -2.58. The van der Waals surface area contributed by atoms with Crippen LogP contribution < -0.4 is 25.9 Å².